The monoisotopic (exact) mass is 270 g/mol. The van der Waals surface area contributed by atoms with Crippen LogP contribution < -0.4 is 10.5 Å². The van der Waals surface area contributed by atoms with E-state index in [1.165, 1.54) is 0 Å². The minimum absolute atomic E-state index is 0.0611. The van der Waals surface area contributed by atoms with Crippen LogP contribution in [0.15, 0.2) is 40.5 Å². The van der Waals surface area contributed by atoms with Gasteiger partial charge in [-0.15, -0.1) is 0 Å². The molecule has 0 amide bonds. The lowest BCUT2D eigenvalue weighted by Gasteiger charge is -2.07. The molecule has 0 bridgehead atoms. The molecule has 0 saturated heterocycles. The molecule has 0 radical (unpaired) electrons. The van der Waals surface area contributed by atoms with Crippen molar-refractivity contribution in [3.63, 3.8) is 0 Å². The molecule has 15 heavy (non-hydrogen) atoms. The van der Waals surface area contributed by atoms with Gasteiger partial charge in [-0.3, -0.25) is 0 Å². The Morgan fingerprint density at radius 3 is 2.93 bits per heavy atom. The van der Waals surface area contributed by atoms with E-state index in [1.807, 2.05) is 0 Å². The highest BCUT2D eigenvalue weighted by atomic mass is 79.9. The van der Waals surface area contributed by atoms with Gasteiger partial charge in [0.25, 0.3) is 0 Å². The molecule has 0 aliphatic rings. The summed E-state index contributed by atoms with van der Waals surface area (Å²) in [6.07, 6.45) is 1.66. The van der Waals surface area contributed by atoms with Crippen molar-refractivity contribution in [2.75, 3.05) is 6.61 Å². The van der Waals surface area contributed by atoms with E-state index in [1.54, 1.807) is 24.3 Å². The van der Waals surface area contributed by atoms with E-state index in [-0.39, 0.29) is 5.84 Å². The topological polar surface area (TPSA) is 67.8 Å². The molecule has 4 nitrogen and oxygen atoms in total. The van der Waals surface area contributed by atoms with Crippen LogP contribution in [-0.4, -0.2) is 17.6 Å². The van der Waals surface area contributed by atoms with Crippen molar-refractivity contribution in [3.05, 3.63) is 40.9 Å². The Morgan fingerprint density at radius 2 is 2.40 bits per heavy atom. The first-order valence-electron chi connectivity index (χ1n) is 4.20. The molecule has 1 rings (SSSR count). The summed E-state index contributed by atoms with van der Waals surface area (Å²) in [6, 6.07) is 5.16. The maximum atomic E-state index is 8.49. The van der Waals surface area contributed by atoms with Gasteiger partial charge < -0.3 is 15.7 Å². The number of hydrogen-bond donors (Lipinski definition) is 2. The molecule has 0 aliphatic carbocycles. The Hall–Kier alpha value is -1.49. The molecular formula is C10H11BrN2O2. The molecule has 0 unspecified atom stereocenters. The normalized spacial score (nSPS) is 11.1. The SMILES string of the molecule is C=CCOc1ccc(/C(N)=N/O)cc1Br. The molecule has 1 aromatic carbocycles. The third-order valence-electron chi connectivity index (χ3n) is 1.69. The standard InChI is InChI=1S/C10H11BrN2O2/c1-2-5-15-9-4-3-7(6-8(9)11)10(12)13-14/h2-4,6,14H,1,5H2,(H2,12,13). The lowest BCUT2D eigenvalue weighted by Crippen LogP contribution is -2.12. The average molecular weight is 271 g/mol. The highest BCUT2D eigenvalue weighted by Crippen LogP contribution is 2.25. The quantitative estimate of drug-likeness (QED) is 0.290. The first-order valence-corrected chi connectivity index (χ1v) is 4.99. The fourth-order valence-corrected chi connectivity index (χ4v) is 1.48. The third kappa shape index (κ3) is 2.99. The van der Waals surface area contributed by atoms with Gasteiger partial charge in [-0.05, 0) is 34.1 Å². The van der Waals surface area contributed by atoms with Crippen LogP contribution in [0.1, 0.15) is 5.56 Å². The Morgan fingerprint density at radius 1 is 1.67 bits per heavy atom. The summed E-state index contributed by atoms with van der Waals surface area (Å²) < 4.78 is 6.09. The Labute approximate surface area is 96.2 Å². The molecule has 1 aromatic rings. The van der Waals surface area contributed by atoms with Crippen molar-refractivity contribution in [3.8, 4) is 5.75 Å². The van der Waals surface area contributed by atoms with Gasteiger partial charge in [-0.1, -0.05) is 17.8 Å². The third-order valence-corrected chi connectivity index (χ3v) is 2.31. The zero-order chi connectivity index (χ0) is 11.3. The number of nitrogens with zero attached hydrogens (tertiary/aromatic N) is 1. The van der Waals surface area contributed by atoms with Gasteiger partial charge in [0, 0.05) is 5.56 Å². The molecule has 0 spiro atoms. The van der Waals surface area contributed by atoms with Crippen LogP contribution in [0.5, 0.6) is 5.75 Å². The lowest BCUT2D eigenvalue weighted by molar-refractivity contribution is 0.318. The number of hydrogen-bond acceptors (Lipinski definition) is 3. The van der Waals surface area contributed by atoms with Gasteiger partial charge in [-0.2, -0.15) is 0 Å². The highest BCUT2D eigenvalue weighted by Gasteiger charge is 2.04. The number of halogens is 1. The highest BCUT2D eigenvalue weighted by molar-refractivity contribution is 9.10. The predicted molar refractivity (Wildman–Crippen MR) is 62.3 cm³/mol. The second-order valence-corrected chi connectivity index (χ2v) is 3.58. The smallest absolute Gasteiger partial charge is 0.170 e. The minimum Gasteiger partial charge on any atom is -0.488 e. The summed E-state index contributed by atoms with van der Waals surface area (Å²) in [6.45, 7) is 3.98. The van der Waals surface area contributed by atoms with Crippen molar-refractivity contribution in [1.82, 2.24) is 0 Å². The first-order chi connectivity index (χ1) is 7.19. The van der Waals surface area contributed by atoms with Gasteiger partial charge in [0.15, 0.2) is 5.84 Å². The lowest BCUT2D eigenvalue weighted by atomic mass is 10.2. The molecule has 0 atom stereocenters. The van der Waals surface area contributed by atoms with E-state index in [0.29, 0.717) is 17.9 Å². The summed E-state index contributed by atoms with van der Waals surface area (Å²) >= 11 is 3.32. The fourth-order valence-electron chi connectivity index (χ4n) is 0.984. The Kier molecular flexibility index (Phi) is 4.17. The molecule has 3 N–H and O–H groups in total. The van der Waals surface area contributed by atoms with Gasteiger partial charge in [0.05, 0.1) is 4.47 Å². The van der Waals surface area contributed by atoms with Crippen molar-refractivity contribution in [2.24, 2.45) is 10.9 Å². The van der Waals surface area contributed by atoms with Crippen LogP contribution in [0.25, 0.3) is 0 Å². The number of rotatable bonds is 4. The van der Waals surface area contributed by atoms with Crippen molar-refractivity contribution < 1.29 is 9.94 Å². The fraction of sp³-hybridized carbons (Fsp3) is 0.100. The minimum atomic E-state index is 0.0611. The Balaban J connectivity index is 2.92. The molecule has 5 heteroatoms. The number of nitrogens with two attached hydrogens (primary N) is 1. The zero-order valence-corrected chi connectivity index (χ0v) is 9.57. The second kappa shape index (κ2) is 5.41. The first kappa shape index (κ1) is 11.6. The average Bonchev–Trinajstić information content (AvgIpc) is 2.26. The summed E-state index contributed by atoms with van der Waals surface area (Å²) in [4.78, 5) is 0. The van der Waals surface area contributed by atoms with Crippen LogP contribution >= 0.6 is 15.9 Å². The molecule has 80 valence electrons. The van der Waals surface area contributed by atoms with Gasteiger partial charge in [0.2, 0.25) is 0 Å². The van der Waals surface area contributed by atoms with Gasteiger partial charge in [0.1, 0.15) is 12.4 Å². The summed E-state index contributed by atoms with van der Waals surface area (Å²) in [7, 11) is 0. The van der Waals surface area contributed by atoms with Crippen LogP contribution in [0.3, 0.4) is 0 Å². The van der Waals surface area contributed by atoms with Crippen molar-refractivity contribution >= 4 is 21.8 Å². The maximum absolute atomic E-state index is 8.49. The van der Waals surface area contributed by atoms with E-state index in [2.05, 4.69) is 27.7 Å². The maximum Gasteiger partial charge on any atom is 0.170 e. The Bertz CT molecular complexity index is 391. The largest absolute Gasteiger partial charge is 0.488 e. The molecule has 0 aromatic heterocycles. The number of amidine groups is 1. The van der Waals surface area contributed by atoms with Crippen LogP contribution in [0, 0.1) is 0 Å². The molecule has 0 fully saturated rings. The van der Waals surface area contributed by atoms with E-state index >= 15 is 0 Å². The number of benzene rings is 1. The van der Waals surface area contributed by atoms with E-state index in [9.17, 15) is 0 Å². The summed E-state index contributed by atoms with van der Waals surface area (Å²) in [5.74, 6) is 0.746. The van der Waals surface area contributed by atoms with Crippen LogP contribution in [0.2, 0.25) is 0 Å². The van der Waals surface area contributed by atoms with E-state index in [4.69, 9.17) is 15.7 Å². The summed E-state index contributed by atoms with van der Waals surface area (Å²) in [5, 5.41) is 11.4. The second-order valence-electron chi connectivity index (χ2n) is 2.73. The van der Waals surface area contributed by atoms with Crippen LogP contribution in [0.4, 0.5) is 0 Å². The summed E-state index contributed by atoms with van der Waals surface area (Å²) in [5.41, 5.74) is 6.06. The molecule has 0 saturated carbocycles. The molecule has 0 aliphatic heterocycles. The van der Waals surface area contributed by atoms with Gasteiger partial charge in [-0.25, -0.2) is 0 Å². The van der Waals surface area contributed by atoms with E-state index < -0.39 is 0 Å². The predicted octanol–water partition coefficient (Wildman–Crippen LogP) is 2.11. The van der Waals surface area contributed by atoms with Crippen molar-refractivity contribution in [1.29, 1.82) is 0 Å². The zero-order valence-electron chi connectivity index (χ0n) is 7.98. The number of ether oxygens (including phenoxy) is 1. The molecular weight excluding hydrogens is 260 g/mol. The van der Waals surface area contributed by atoms with Crippen LogP contribution in [-0.2, 0) is 0 Å². The molecule has 0 heterocycles. The van der Waals surface area contributed by atoms with E-state index in [0.717, 1.165) is 4.47 Å². The van der Waals surface area contributed by atoms with Crippen molar-refractivity contribution in [2.45, 2.75) is 0 Å². The van der Waals surface area contributed by atoms with Gasteiger partial charge >= 0.3 is 0 Å². The number of oxime groups is 1.